The van der Waals surface area contributed by atoms with Crippen molar-refractivity contribution in [1.29, 1.82) is 0 Å². The van der Waals surface area contributed by atoms with Crippen LogP contribution in [0.4, 0.5) is 0 Å². The van der Waals surface area contributed by atoms with Crippen LogP contribution in [0.3, 0.4) is 0 Å². The highest BCUT2D eigenvalue weighted by atomic mass is 32.1. The van der Waals surface area contributed by atoms with Gasteiger partial charge in [0.15, 0.2) is 0 Å². The molecule has 0 aliphatic rings. The van der Waals surface area contributed by atoms with Crippen LogP contribution in [0.15, 0.2) is 78.3 Å². The maximum Gasteiger partial charge on any atom is 0.303 e. The number of primary amides is 1. The van der Waals surface area contributed by atoms with Gasteiger partial charge in [0.1, 0.15) is 6.04 Å². The summed E-state index contributed by atoms with van der Waals surface area (Å²) in [5.41, 5.74) is 9.95. The first kappa shape index (κ1) is 30.1. The molecule has 0 saturated heterocycles. The van der Waals surface area contributed by atoms with E-state index in [-0.39, 0.29) is 43.7 Å². The summed E-state index contributed by atoms with van der Waals surface area (Å²) in [6.45, 7) is 3.84. The molecule has 1 unspecified atom stereocenters. The number of thiophene rings is 1. The molecule has 9 nitrogen and oxygen atoms in total. The molecule has 2 aromatic carbocycles. The van der Waals surface area contributed by atoms with E-state index in [9.17, 15) is 19.2 Å². The minimum atomic E-state index is -1.09. The molecule has 6 N–H and O–H groups in total. The number of carboxylic acid groups (broad SMARTS) is 2. The monoisotopic (exact) mass is 563 g/mol. The van der Waals surface area contributed by atoms with Gasteiger partial charge in [0.25, 0.3) is 0 Å². The van der Waals surface area contributed by atoms with E-state index in [0.29, 0.717) is 6.42 Å². The number of amides is 2. The number of hydrogen-bond donors (Lipinski definition) is 5. The number of hydrogen-bond acceptors (Lipinski definition) is 6. The lowest BCUT2D eigenvalue weighted by atomic mass is 10.0. The van der Waals surface area contributed by atoms with Crippen LogP contribution in [-0.2, 0) is 25.6 Å². The van der Waals surface area contributed by atoms with Crippen LogP contribution in [0.25, 0.3) is 21.6 Å². The Hall–Kier alpha value is -4.44. The fourth-order valence-corrected chi connectivity index (χ4v) is 5.03. The highest BCUT2D eigenvalue weighted by molar-refractivity contribution is 7.14. The van der Waals surface area contributed by atoms with Gasteiger partial charge in [0, 0.05) is 29.8 Å². The number of nitrogens with one attached hydrogen (secondary N) is 2. The van der Waals surface area contributed by atoms with E-state index in [2.05, 4.69) is 40.8 Å². The van der Waals surface area contributed by atoms with Crippen molar-refractivity contribution in [2.75, 3.05) is 0 Å². The summed E-state index contributed by atoms with van der Waals surface area (Å²) in [5.74, 6) is -3.22. The van der Waals surface area contributed by atoms with Gasteiger partial charge < -0.3 is 26.6 Å². The molecule has 1 aromatic heterocycles. The van der Waals surface area contributed by atoms with E-state index in [4.69, 9.17) is 15.9 Å². The zero-order chi connectivity index (χ0) is 29.1. The van der Waals surface area contributed by atoms with E-state index in [1.165, 1.54) is 5.56 Å². The number of rotatable bonds is 16. The number of benzene rings is 2. The molecule has 0 aliphatic heterocycles. The Balaban J connectivity index is 1.57. The van der Waals surface area contributed by atoms with Gasteiger partial charge in [0.05, 0.1) is 6.04 Å². The highest BCUT2D eigenvalue weighted by Gasteiger charge is 2.23. The van der Waals surface area contributed by atoms with E-state index >= 15 is 0 Å². The Morgan fingerprint density at radius 3 is 2.02 bits per heavy atom. The van der Waals surface area contributed by atoms with Gasteiger partial charge in [-0.05, 0) is 53.0 Å². The van der Waals surface area contributed by atoms with E-state index < -0.39 is 29.9 Å². The molecule has 2 amide bonds. The first-order valence-corrected chi connectivity index (χ1v) is 13.7. The van der Waals surface area contributed by atoms with Crippen LogP contribution in [0, 0.1) is 0 Å². The lowest BCUT2D eigenvalue weighted by Gasteiger charge is -2.25. The number of nitrogens with two attached hydrogens (primary N) is 1. The molecule has 0 radical (unpaired) electrons. The van der Waals surface area contributed by atoms with Crippen molar-refractivity contribution >= 4 is 35.1 Å². The molecule has 0 aliphatic carbocycles. The Kier molecular flexibility index (Phi) is 11.0. The molecule has 2 atom stereocenters. The average molecular weight is 564 g/mol. The van der Waals surface area contributed by atoms with Gasteiger partial charge in [-0.3, -0.25) is 19.2 Å². The second kappa shape index (κ2) is 14.6. The van der Waals surface area contributed by atoms with Gasteiger partial charge in [-0.25, -0.2) is 0 Å². The summed E-state index contributed by atoms with van der Waals surface area (Å²) in [6.07, 6.45) is 0.0688. The molecule has 210 valence electrons. The van der Waals surface area contributed by atoms with Crippen molar-refractivity contribution < 1.29 is 29.4 Å². The van der Waals surface area contributed by atoms with Crippen LogP contribution in [0.5, 0.6) is 0 Å². The van der Waals surface area contributed by atoms with Crippen molar-refractivity contribution in [3.63, 3.8) is 0 Å². The minimum Gasteiger partial charge on any atom is -0.481 e. The van der Waals surface area contributed by atoms with Crippen molar-refractivity contribution in [2.24, 2.45) is 5.73 Å². The average Bonchev–Trinajstić information content (AvgIpc) is 3.43. The largest absolute Gasteiger partial charge is 0.481 e. The standard InChI is InChI=1S/C30H33N3O6S/c1-19(32-25(30(31)39)13-16-29(37)38)24(12-15-28(35)36)33-27(34)14-9-20-7-10-22(11-8-20)26-17-23(18-40-26)21-5-3-2-4-6-21/h2-8,10-11,17-18,24-25,32H,1,9,12-16H2,(H2,31,39)(H,33,34)(H,35,36)(H,37,38)/t24-,25?/m1/s1. The summed E-state index contributed by atoms with van der Waals surface area (Å²) in [6, 6.07) is 18.5. The predicted octanol–water partition coefficient (Wildman–Crippen LogP) is 4.19. The predicted molar refractivity (Wildman–Crippen MR) is 154 cm³/mol. The molecule has 10 heteroatoms. The first-order chi connectivity index (χ1) is 19.1. The fraction of sp³-hybridized carbons (Fsp3) is 0.267. The third-order valence-corrected chi connectivity index (χ3v) is 7.32. The van der Waals surface area contributed by atoms with Crippen LogP contribution >= 0.6 is 11.3 Å². The van der Waals surface area contributed by atoms with E-state index in [1.807, 2.05) is 42.5 Å². The summed E-state index contributed by atoms with van der Waals surface area (Å²) in [7, 11) is 0. The quantitative estimate of drug-likeness (QED) is 0.175. The Labute approximate surface area is 236 Å². The zero-order valence-electron chi connectivity index (χ0n) is 22.0. The molecule has 0 bridgehead atoms. The molecule has 0 fully saturated rings. The lowest BCUT2D eigenvalue weighted by Crippen LogP contribution is -2.47. The molecule has 1 heterocycles. The number of carbonyl (C=O) groups is 4. The first-order valence-electron chi connectivity index (χ1n) is 12.8. The maximum atomic E-state index is 12.7. The number of aliphatic carboxylic acids is 2. The van der Waals surface area contributed by atoms with Gasteiger partial charge in [-0.15, -0.1) is 11.3 Å². The lowest BCUT2D eigenvalue weighted by molar-refractivity contribution is -0.138. The molecule has 0 spiro atoms. The second-order valence-corrected chi connectivity index (χ2v) is 10.3. The van der Waals surface area contributed by atoms with Gasteiger partial charge in [0.2, 0.25) is 11.8 Å². The van der Waals surface area contributed by atoms with Crippen molar-refractivity contribution in [1.82, 2.24) is 10.6 Å². The van der Waals surface area contributed by atoms with Gasteiger partial charge in [-0.1, -0.05) is 61.2 Å². The van der Waals surface area contributed by atoms with E-state index in [0.717, 1.165) is 21.6 Å². The Morgan fingerprint density at radius 2 is 1.43 bits per heavy atom. The van der Waals surface area contributed by atoms with E-state index in [1.54, 1.807) is 11.3 Å². The van der Waals surface area contributed by atoms with Crippen molar-refractivity contribution in [3.8, 4) is 21.6 Å². The zero-order valence-corrected chi connectivity index (χ0v) is 22.8. The maximum absolute atomic E-state index is 12.7. The van der Waals surface area contributed by atoms with Crippen LogP contribution in [0.1, 0.15) is 37.7 Å². The third kappa shape index (κ3) is 9.39. The minimum absolute atomic E-state index is 0.0395. The molecule has 3 rings (SSSR count). The number of carbonyl (C=O) groups excluding carboxylic acids is 2. The normalized spacial score (nSPS) is 12.2. The Bertz CT molecular complexity index is 1340. The summed E-state index contributed by atoms with van der Waals surface area (Å²) in [5, 5.41) is 25.7. The second-order valence-electron chi connectivity index (χ2n) is 9.37. The van der Waals surface area contributed by atoms with Crippen LogP contribution in [0.2, 0.25) is 0 Å². The molecular formula is C30H33N3O6S. The molecule has 40 heavy (non-hydrogen) atoms. The smallest absolute Gasteiger partial charge is 0.303 e. The van der Waals surface area contributed by atoms with Crippen molar-refractivity contribution in [2.45, 2.75) is 50.6 Å². The number of aryl methyl sites for hydroxylation is 1. The molecular weight excluding hydrogens is 530 g/mol. The Morgan fingerprint density at radius 1 is 0.800 bits per heavy atom. The fourth-order valence-electron chi connectivity index (χ4n) is 4.11. The van der Waals surface area contributed by atoms with Crippen molar-refractivity contribution in [3.05, 3.63) is 83.9 Å². The topological polar surface area (TPSA) is 159 Å². The van der Waals surface area contributed by atoms with Gasteiger partial charge >= 0.3 is 11.9 Å². The van der Waals surface area contributed by atoms with Gasteiger partial charge in [-0.2, -0.15) is 0 Å². The van der Waals surface area contributed by atoms with Crippen LogP contribution < -0.4 is 16.4 Å². The third-order valence-electron chi connectivity index (χ3n) is 6.34. The summed E-state index contributed by atoms with van der Waals surface area (Å²) < 4.78 is 0. The highest BCUT2D eigenvalue weighted by Crippen LogP contribution is 2.32. The molecule has 3 aromatic rings. The van der Waals surface area contributed by atoms with Crippen LogP contribution in [-0.4, -0.2) is 46.0 Å². The summed E-state index contributed by atoms with van der Waals surface area (Å²) >= 11 is 1.67. The SMILES string of the molecule is C=C(NC(CCC(=O)O)C(N)=O)[C@@H](CCC(=O)O)NC(=O)CCc1ccc(-c2cc(-c3ccccc3)cs2)cc1. The number of carboxylic acids is 2. The molecule has 0 saturated carbocycles. The summed E-state index contributed by atoms with van der Waals surface area (Å²) in [4.78, 5) is 47.6.